The molecule has 102 valence electrons. The third-order valence-electron chi connectivity index (χ3n) is 2.48. The number of nitriles is 1. The van der Waals surface area contributed by atoms with Gasteiger partial charge in [-0.25, -0.2) is 9.78 Å². The van der Waals surface area contributed by atoms with Gasteiger partial charge in [0.15, 0.2) is 11.3 Å². The number of carbonyl (C=O) groups excluding carboxylic acids is 1. The molecule has 1 aliphatic heterocycles. The third-order valence-corrected chi connectivity index (χ3v) is 3.48. The number of fused-ring (bicyclic) bond motifs is 1. The smallest absolute Gasteiger partial charge is 0.413 e. The second-order valence-electron chi connectivity index (χ2n) is 5.29. The molecule has 0 saturated carbocycles. The van der Waals surface area contributed by atoms with Gasteiger partial charge in [-0.1, -0.05) is 11.3 Å². The van der Waals surface area contributed by atoms with Crippen LogP contribution in [0.4, 0.5) is 9.93 Å². The molecule has 0 saturated heterocycles. The number of anilines is 1. The zero-order chi connectivity index (χ0) is 14.0. The van der Waals surface area contributed by atoms with E-state index in [1.807, 2.05) is 20.8 Å². The van der Waals surface area contributed by atoms with Crippen LogP contribution >= 0.6 is 11.3 Å². The van der Waals surface area contributed by atoms with Gasteiger partial charge in [0, 0.05) is 17.8 Å². The summed E-state index contributed by atoms with van der Waals surface area (Å²) in [7, 11) is 0. The molecule has 6 nitrogen and oxygen atoms in total. The van der Waals surface area contributed by atoms with Crippen LogP contribution in [0.15, 0.2) is 0 Å². The average molecular weight is 280 g/mol. The molecule has 0 unspecified atom stereocenters. The predicted octanol–water partition coefficient (Wildman–Crippen LogP) is 2.33. The quantitative estimate of drug-likeness (QED) is 0.799. The van der Waals surface area contributed by atoms with Crippen molar-refractivity contribution in [1.29, 1.82) is 5.26 Å². The first-order valence-corrected chi connectivity index (χ1v) is 6.82. The number of nitrogens with zero attached hydrogens (tertiary/aromatic N) is 3. The normalized spacial score (nSPS) is 14.5. The van der Waals surface area contributed by atoms with E-state index in [4.69, 9.17) is 10.00 Å². The van der Waals surface area contributed by atoms with Crippen molar-refractivity contribution in [2.24, 2.45) is 0 Å². The lowest BCUT2D eigenvalue weighted by molar-refractivity contribution is 0.0636. The lowest BCUT2D eigenvalue weighted by Crippen LogP contribution is -2.27. The zero-order valence-corrected chi connectivity index (χ0v) is 12.0. The van der Waals surface area contributed by atoms with E-state index in [9.17, 15) is 4.79 Å². The number of aromatic nitrogens is 1. The fourth-order valence-corrected chi connectivity index (χ4v) is 2.73. The lowest BCUT2D eigenvalue weighted by Gasteiger charge is -2.19. The molecule has 0 spiro atoms. The van der Waals surface area contributed by atoms with Crippen molar-refractivity contribution in [2.75, 3.05) is 11.9 Å². The van der Waals surface area contributed by atoms with Gasteiger partial charge in [-0.2, -0.15) is 5.26 Å². The monoisotopic (exact) mass is 280 g/mol. The Kier molecular flexibility index (Phi) is 3.62. The van der Waals surface area contributed by atoms with Gasteiger partial charge in [-0.05, 0) is 20.8 Å². The van der Waals surface area contributed by atoms with Gasteiger partial charge in [0.05, 0.1) is 12.2 Å². The summed E-state index contributed by atoms with van der Waals surface area (Å²) in [5.41, 5.74) is 0.432. The molecule has 19 heavy (non-hydrogen) atoms. The molecule has 0 atom stereocenters. The first kappa shape index (κ1) is 13.6. The van der Waals surface area contributed by atoms with Crippen molar-refractivity contribution in [2.45, 2.75) is 39.3 Å². The first-order valence-electron chi connectivity index (χ1n) is 6.00. The minimum Gasteiger partial charge on any atom is -0.444 e. The molecule has 1 N–H and O–H groups in total. The number of carbonyl (C=O) groups is 1. The molecule has 1 aromatic rings. The molecule has 0 bridgehead atoms. The van der Waals surface area contributed by atoms with Gasteiger partial charge < -0.3 is 9.64 Å². The van der Waals surface area contributed by atoms with Gasteiger partial charge in [0.25, 0.3) is 0 Å². The van der Waals surface area contributed by atoms with Crippen molar-refractivity contribution in [3.8, 4) is 6.19 Å². The van der Waals surface area contributed by atoms with E-state index in [0.29, 0.717) is 18.2 Å². The van der Waals surface area contributed by atoms with Crippen LogP contribution in [0.5, 0.6) is 0 Å². The number of amides is 1. The fourth-order valence-electron chi connectivity index (χ4n) is 1.73. The summed E-state index contributed by atoms with van der Waals surface area (Å²) in [4.78, 5) is 18.7. The molecular formula is C12H16N4O2S. The summed E-state index contributed by atoms with van der Waals surface area (Å²) in [5, 5.41) is 12.0. The van der Waals surface area contributed by atoms with E-state index in [-0.39, 0.29) is 0 Å². The molecule has 1 amide bonds. The molecule has 2 heterocycles. The average Bonchev–Trinajstić information content (AvgIpc) is 2.66. The fraction of sp³-hybridized carbons (Fsp3) is 0.583. The second-order valence-corrected chi connectivity index (χ2v) is 6.37. The minimum atomic E-state index is -0.529. The van der Waals surface area contributed by atoms with Crippen molar-refractivity contribution in [3.05, 3.63) is 10.6 Å². The molecule has 1 aliphatic rings. The van der Waals surface area contributed by atoms with E-state index in [1.165, 1.54) is 11.3 Å². The number of nitrogens with one attached hydrogen (secondary N) is 1. The maximum Gasteiger partial charge on any atom is 0.413 e. The zero-order valence-electron chi connectivity index (χ0n) is 11.2. The van der Waals surface area contributed by atoms with Gasteiger partial charge in [0.1, 0.15) is 5.60 Å². The van der Waals surface area contributed by atoms with Crippen LogP contribution in [0.25, 0.3) is 0 Å². The SMILES string of the molecule is CC(C)(C)OC(=O)Nc1nc2c(s1)CN(C#N)CC2. The topological polar surface area (TPSA) is 78.2 Å². The van der Waals surface area contributed by atoms with Gasteiger partial charge in [-0.3, -0.25) is 5.32 Å². The summed E-state index contributed by atoms with van der Waals surface area (Å²) in [6, 6.07) is 0. The number of hydrogen-bond acceptors (Lipinski definition) is 6. The molecule has 0 aliphatic carbocycles. The number of thiazole rings is 1. The molecule has 0 fully saturated rings. The van der Waals surface area contributed by atoms with Crippen molar-refractivity contribution in [1.82, 2.24) is 9.88 Å². The summed E-state index contributed by atoms with van der Waals surface area (Å²) >= 11 is 1.39. The van der Waals surface area contributed by atoms with Crippen molar-refractivity contribution in [3.63, 3.8) is 0 Å². The van der Waals surface area contributed by atoms with Crippen LogP contribution in [-0.2, 0) is 17.7 Å². The van der Waals surface area contributed by atoms with Gasteiger partial charge >= 0.3 is 6.09 Å². The summed E-state index contributed by atoms with van der Waals surface area (Å²) < 4.78 is 5.17. The number of hydrogen-bond donors (Lipinski definition) is 1. The Balaban J connectivity index is 2.02. The highest BCUT2D eigenvalue weighted by Crippen LogP contribution is 2.28. The Morgan fingerprint density at radius 2 is 2.32 bits per heavy atom. The molecule has 2 rings (SSSR count). The first-order chi connectivity index (χ1) is 8.87. The molecule has 7 heteroatoms. The van der Waals surface area contributed by atoms with Crippen molar-refractivity contribution >= 4 is 22.6 Å². The maximum atomic E-state index is 11.6. The van der Waals surface area contributed by atoms with Crippen LogP contribution in [-0.4, -0.2) is 28.1 Å². The summed E-state index contributed by atoms with van der Waals surface area (Å²) in [6.45, 7) is 6.68. The molecule has 0 aromatic carbocycles. The largest absolute Gasteiger partial charge is 0.444 e. The summed E-state index contributed by atoms with van der Waals surface area (Å²) in [6.07, 6.45) is 2.35. The summed E-state index contributed by atoms with van der Waals surface area (Å²) in [5.74, 6) is 0. The highest BCUT2D eigenvalue weighted by molar-refractivity contribution is 7.15. The van der Waals surface area contributed by atoms with Crippen LogP contribution in [0.3, 0.4) is 0 Å². The highest BCUT2D eigenvalue weighted by Gasteiger charge is 2.22. The molecular weight excluding hydrogens is 264 g/mol. The Morgan fingerprint density at radius 1 is 1.58 bits per heavy atom. The Bertz CT molecular complexity index is 527. The van der Waals surface area contributed by atoms with E-state index in [2.05, 4.69) is 16.5 Å². The predicted molar refractivity (Wildman–Crippen MR) is 71.7 cm³/mol. The van der Waals surface area contributed by atoms with E-state index in [1.54, 1.807) is 4.90 Å². The van der Waals surface area contributed by atoms with Gasteiger partial charge in [0.2, 0.25) is 0 Å². The molecule has 0 radical (unpaired) electrons. The Morgan fingerprint density at radius 3 is 2.95 bits per heavy atom. The van der Waals surface area contributed by atoms with Crippen LogP contribution < -0.4 is 5.32 Å². The maximum absolute atomic E-state index is 11.6. The van der Waals surface area contributed by atoms with Crippen LogP contribution in [0, 0.1) is 11.5 Å². The third kappa shape index (κ3) is 3.58. The number of ether oxygens (including phenoxy) is 1. The molecule has 1 aromatic heterocycles. The second kappa shape index (κ2) is 5.05. The Hall–Kier alpha value is -1.81. The van der Waals surface area contributed by atoms with Crippen LogP contribution in [0.2, 0.25) is 0 Å². The van der Waals surface area contributed by atoms with Crippen LogP contribution in [0.1, 0.15) is 31.3 Å². The minimum absolute atomic E-state index is 0.504. The standard InChI is InChI=1S/C12H16N4O2S/c1-12(2,3)18-11(17)15-10-14-8-4-5-16(7-13)6-9(8)19-10/h4-6H2,1-3H3,(H,14,15,17). The lowest BCUT2D eigenvalue weighted by atomic mass is 10.2. The Labute approximate surface area is 116 Å². The van der Waals surface area contributed by atoms with Gasteiger partial charge in [-0.15, -0.1) is 0 Å². The van der Waals surface area contributed by atoms with E-state index in [0.717, 1.165) is 17.0 Å². The number of rotatable bonds is 1. The van der Waals surface area contributed by atoms with Crippen molar-refractivity contribution < 1.29 is 9.53 Å². The van der Waals surface area contributed by atoms with E-state index >= 15 is 0 Å². The van der Waals surface area contributed by atoms with E-state index < -0.39 is 11.7 Å². The highest BCUT2D eigenvalue weighted by atomic mass is 32.1.